The average Bonchev–Trinajstić information content (AvgIpc) is 1.99. The van der Waals surface area contributed by atoms with Gasteiger partial charge >= 0.3 is 7.69 Å². The van der Waals surface area contributed by atoms with Crippen LogP contribution in [-0.2, 0) is 0 Å². The van der Waals surface area contributed by atoms with E-state index in [1.54, 1.807) is 18.2 Å². The summed E-state index contributed by atoms with van der Waals surface area (Å²) in [4.78, 5) is 0. The molecule has 0 aromatic heterocycles. The van der Waals surface area contributed by atoms with Crippen molar-refractivity contribution < 1.29 is 9.68 Å². The van der Waals surface area contributed by atoms with Crippen molar-refractivity contribution in [1.82, 2.24) is 0 Å². The molecule has 0 saturated carbocycles. The fraction of sp³-hybridized carbons (Fsp3) is 0.143. The predicted molar refractivity (Wildman–Crippen MR) is 46.2 cm³/mol. The second-order valence-corrected chi connectivity index (χ2v) is 2.54. The highest BCUT2D eigenvalue weighted by atomic mass is 35.5. The molecule has 0 saturated heterocycles. The van der Waals surface area contributed by atoms with Crippen molar-refractivity contribution in [1.29, 1.82) is 0 Å². The summed E-state index contributed by atoms with van der Waals surface area (Å²) in [5.74, 6) is 0.625. The Bertz CT molecular complexity index is 252. The molecule has 0 spiro atoms. The predicted octanol–water partition coefficient (Wildman–Crippen LogP) is 1.29. The van der Waals surface area contributed by atoms with Crippen LogP contribution in [0.25, 0.3) is 0 Å². The topological polar surface area (TPSA) is 29.5 Å². The highest BCUT2D eigenvalue weighted by Gasteiger charge is 2.01. The van der Waals surface area contributed by atoms with Gasteiger partial charge < -0.3 is 9.68 Å². The van der Waals surface area contributed by atoms with Gasteiger partial charge in [-0.2, -0.15) is 0 Å². The van der Waals surface area contributed by atoms with Gasteiger partial charge in [0.15, 0.2) is 0 Å². The van der Waals surface area contributed by atoms with Crippen molar-refractivity contribution in [3.63, 3.8) is 0 Å². The van der Waals surface area contributed by atoms with Gasteiger partial charge in [0.05, 0.1) is 0 Å². The lowest BCUT2D eigenvalue weighted by Gasteiger charge is -2.06. The molecule has 0 aliphatic carbocycles. The van der Waals surface area contributed by atoms with Gasteiger partial charge in [-0.1, -0.05) is 17.7 Å². The summed E-state index contributed by atoms with van der Waals surface area (Å²) in [6.45, 7) is 1.84. The van der Waals surface area contributed by atoms with Crippen LogP contribution < -0.4 is 4.65 Å². The molecule has 2 nitrogen and oxygen atoms in total. The Morgan fingerprint density at radius 3 is 2.91 bits per heavy atom. The molecule has 1 N–H and O–H groups in total. The third-order valence-electron chi connectivity index (χ3n) is 1.44. The van der Waals surface area contributed by atoms with Crippen LogP contribution in [0.15, 0.2) is 18.2 Å². The van der Waals surface area contributed by atoms with E-state index in [1.807, 2.05) is 6.92 Å². The molecule has 0 bridgehead atoms. The molecule has 0 heterocycles. The molecule has 0 aliphatic rings. The molecule has 0 unspecified atom stereocenters. The number of halogens is 1. The van der Waals surface area contributed by atoms with Crippen molar-refractivity contribution >= 4 is 19.3 Å². The zero-order valence-corrected chi connectivity index (χ0v) is 6.93. The number of rotatable bonds is 2. The molecule has 1 aromatic rings. The summed E-state index contributed by atoms with van der Waals surface area (Å²) in [5, 5.41) is 9.12. The van der Waals surface area contributed by atoms with E-state index in [-0.39, 0.29) is 7.69 Å². The molecule has 0 aliphatic heterocycles. The Balaban J connectivity index is 2.96. The van der Waals surface area contributed by atoms with E-state index in [4.69, 9.17) is 21.3 Å². The van der Waals surface area contributed by atoms with Crippen molar-refractivity contribution in [3.05, 3.63) is 28.8 Å². The lowest BCUT2D eigenvalue weighted by Crippen LogP contribution is -2.01. The Kier molecular flexibility index (Phi) is 2.80. The van der Waals surface area contributed by atoms with Crippen LogP contribution in [0.1, 0.15) is 5.56 Å². The molecule has 0 atom stereocenters. The maximum atomic E-state index is 8.47. The van der Waals surface area contributed by atoms with Crippen LogP contribution >= 0.6 is 11.6 Å². The first-order chi connectivity index (χ1) is 5.25. The summed E-state index contributed by atoms with van der Waals surface area (Å²) in [6, 6.07) is 5.32. The molecule has 4 heteroatoms. The van der Waals surface area contributed by atoms with Gasteiger partial charge in [0, 0.05) is 10.6 Å². The minimum atomic E-state index is -0.318. The SMILES string of the molecule is Cc1c(Cl)cccc1OBO. The van der Waals surface area contributed by atoms with E-state index in [9.17, 15) is 0 Å². The first-order valence-electron chi connectivity index (χ1n) is 3.24. The quantitative estimate of drug-likeness (QED) is 0.678. The van der Waals surface area contributed by atoms with E-state index in [0.29, 0.717) is 10.8 Å². The molecule has 0 fully saturated rings. The number of hydrogen-bond donors (Lipinski definition) is 1. The average molecular weight is 170 g/mol. The molecule has 11 heavy (non-hydrogen) atoms. The van der Waals surface area contributed by atoms with Crippen molar-refractivity contribution in [2.75, 3.05) is 0 Å². The molecule has 0 amide bonds. The van der Waals surface area contributed by atoms with E-state index in [1.165, 1.54) is 0 Å². The van der Waals surface area contributed by atoms with Gasteiger partial charge in [-0.25, -0.2) is 0 Å². The second-order valence-electron chi connectivity index (χ2n) is 2.14. The van der Waals surface area contributed by atoms with Crippen molar-refractivity contribution in [2.24, 2.45) is 0 Å². The molecule has 1 aromatic carbocycles. The standard InChI is InChI=1S/C7H8BClO2/c1-5-6(9)3-2-4-7(5)11-8-10/h2-4,8,10H,1H3. The summed E-state index contributed by atoms with van der Waals surface area (Å²) >= 11 is 5.79. The Morgan fingerprint density at radius 1 is 1.55 bits per heavy atom. The Hall–Kier alpha value is -0.665. The number of hydrogen-bond acceptors (Lipinski definition) is 2. The molecular weight excluding hydrogens is 162 g/mol. The Morgan fingerprint density at radius 2 is 2.27 bits per heavy atom. The van der Waals surface area contributed by atoms with Gasteiger partial charge in [-0.05, 0) is 19.1 Å². The molecular formula is C7H8BClO2. The van der Waals surface area contributed by atoms with Gasteiger partial charge in [0.2, 0.25) is 0 Å². The smallest absolute Gasteiger partial charge is 0.504 e. The van der Waals surface area contributed by atoms with E-state index < -0.39 is 0 Å². The number of benzene rings is 1. The zero-order valence-electron chi connectivity index (χ0n) is 6.17. The summed E-state index contributed by atoms with van der Waals surface area (Å²) < 4.78 is 4.89. The van der Waals surface area contributed by atoms with Crippen LogP contribution in [0.2, 0.25) is 5.02 Å². The third kappa shape index (κ3) is 1.88. The van der Waals surface area contributed by atoms with Gasteiger partial charge in [0.1, 0.15) is 5.75 Å². The molecule has 58 valence electrons. The maximum Gasteiger partial charge on any atom is 0.504 e. The normalized spacial score (nSPS) is 9.36. The van der Waals surface area contributed by atoms with Crippen LogP contribution in [0.4, 0.5) is 0 Å². The van der Waals surface area contributed by atoms with Crippen LogP contribution in [-0.4, -0.2) is 12.7 Å². The monoisotopic (exact) mass is 170 g/mol. The van der Waals surface area contributed by atoms with E-state index in [0.717, 1.165) is 5.56 Å². The highest BCUT2D eigenvalue weighted by molar-refractivity contribution is 6.31. The van der Waals surface area contributed by atoms with Gasteiger partial charge in [-0.15, -0.1) is 0 Å². The minimum Gasteiger partial charge on any atom is -0.539 e. The largest absolute Gasteiger partial charge is 0.539 e. The highest BCUT2D eigenvalue weighted by Crippen LogP contribution is 2.24. The fourth-order valence-electron chi connectivity index (χ4n) is 0.814. The molecule has 1 rings (SSSR count). The summed E-state index contributed by atoms with van der Waals surface area (Å²) in [7, 11) is -0.318. The lowest BCUT2D eigenvalue weighted by molar-refractivity contribution is 0.452. The third-order valence-corrected chi connectivity index (χ3v) is 1.85. The van der Waals surface area contributed by atoms with Gasteiger partial charge in [0.25, 0.3) is 0 Å². The second kappa shape index (κ2) is 3.65. The fourth-order valence-corrected chi connectivity index (χ4v) is 0.979. The first kappa shape index (κ1) is 8.43. The van der Waals surface area contributed by atoms with E-state index >= 15 is 0 Å². The zero-order chi connectivity index (χ0) is 8.27. The Labute approximate surface area is 71.1 Å². The minimum absolute atomic E-state index is 0.318. The van der Waals surface area contributed by atoms with Crippen molar-refractivity contribution in [3.8, 4) is 5.75 Å². The van der Waals surface area contributed by atoms with Crippen molar-refractivity contribution in [2.45, 2.75) is 6.92 Å². The van der Waals surface area contributed by atoms with Gasteiger partial charge in [-0.3, -0.25) is 0 Å². The van der Waals surface area contributed by atoms with Crippen LogP contribution in [0.3, 0.4) is 0 Å². The molecule has 0 radical (unpaired) electrons. The maximum absolute atomic E-state index is 8.47. The summed E-state index contributed by atoms with van der Waals surface area (Å²) in [5.41, 5.74) is 0.850. The summed E-state index contributed by atoms with van der Waals surface area (Å²) in [6.07, 6.45) is 0. The lowest BCUT2D eigenvalue weighted by atomic mass is 10.2. The van der Waals surface area contributed by atoms with E-state index in [2.05, 4.69) is 0 Å². The first-order valence-corrected chi connectivity index (χ1v) is 3.62. The van der Waals surface area contributed by atoms with Crippen LogP contribution in [0, 0.1) is 6.92 Å². The van der Waals surface area contributed by atoms with Crippen LogP contribution in [0.5, 0.6) is 5.75 Å².